The summed E-state index contributed by atoms with van der Waals surface area (Å²) in [6, 6.07) is 1.58. The molecule has 0 radical (unpaired) electrons. The van der Waals surface area contributed by atoms with Crippen LogP contribution in [0.15, 0.2) is 18.5 Å². The molecule has 8 heteroatoms. The first kappa shape index (κ1) is 15.0. The Balaban J connectivity index is 2.60. The minimum absolute atomic E-state index is 0.0321. The molecule has 21 heavy (non-hydrogen) atoms. The number of ether oxygens (including phenoxy) is 1. The average molecular weight is 309 g/mol. The molecule has 0 atom stereocenters. The third-order valence-corrected chi connectivity index (χ3v) is 3.03. The molecule has 0 bridgehead atoms. The summed E-state index contributed by atoms with van der Waals surface area (Å²) in [5.41, 5.74) is 1.37. The topological polar surface area (TPSA) is 86.1 Å². The van der Waals surface area contributed by atoms with Crippen molar-refractivity contribution in [2.75, 3.05) is 12.4 Å². The zero-order valence-corrected chi connectivity index (χ0v) is 12.4. The van der Waals surface area contributed by atoms with Crippen molar-refractivity contribution in [2.24, 2.45) is 7.05 Å². The number of aromatic nitrogens is 3. The monoisotopic (exact) mass is 308 g/mol. The number of hydrogen-bond donors (Lipinski definition) is 1. The van der Waals surface area contributed by atoms with Crippen LogP contribution in [0.25, 0.3) is 11.3 Å². The predicted molar refractivity (Wildman–Crippen MR) is 77.1 cm³/mol. The molecule has 0 fully saturated rings. The summed E-state index contributed by atoms with van der Waals surface area (Å²) in [5, 5.41) is 6.64. The van der Waals surface area contributed by atoms with Crippen molar-refractivity contribution in [2.45, 2.75) is 6.92 Å². The number of nitrogens with zero attached hydrogens (tertiary/aromatic N) is 3. The molecule has 2 aromatic heterocycles. The van der Waals surface area contributed by atoms with Crippen LogP contribution in [-0.2, 0) is 16.6 Å². The Hall–Kier alpha value is -2.41. The smallest absolute Gasteiger partial charge is 0.358 e. The molecule has 0 aliphatic rings. The number of halogens is 1. The number of hydrogen-bond acceptors (Lipinski definition) is 5. The molecule has 1 amide bonds. The van der Waals surface area contributed by atoms with Gasteiger partial charge in [0, 0.05) is 25.7 Å². The Morgan fingerprint density at radius 1 is 1.43 bits per heavy atom. The number of amides is 1. The number of carbonyl (C=O) groups is 2. The number of anilines is 1. The van der Waals surface area contributed by atoms with Crippen molar-refractivity contribution in [3.05, 3.63) is 29.2 Å². The highest BCUT2D eigenvalue weighted by Gasteiger charge is 2.19. The van der Waals surface area contributed by atoms with Gasteiger partial charge in [0.15, 0.2) is 5.69 Å². The van der Waals surface area contributed by atoms with Gasteiger partial charge in [-0.1, -0.05) is 11.6 Å². The van der Waals surface area contributed by atoms with Crippen molar-refractivity contribution in [1.82, 2.24) is 14.8 Å². The van der Waals surface area contributed by atoms with Crippen LogP contribution in [0.4, 0.5) is 5.69 Å². The van der Waals surface area contributed by atoms with Gasteiger partial charge >= 0.3 is 5.97 Å². The van der Waals surface area contributed by atoms with E-state index in [4.69, 9.17) is 11.6 Å². The van der Waals surface area contributed by atoms with Crippen molar-refractivity contribution < 1.29 is 14.3 Å². The van der Waals surface area contributed by atoms with E-state index in [1.54, 1.807) is 30.2 Å². The van der Waals surface area contributed by atoms with Crippen LogP contribution in [0.3, 0.4) is 0 Å². The second-order valence-corrected chi connectivity index (χ2v) is 4.67. The van der Waals surface area contributed by atoms with Gasteiger partial charge in [-0.2, -0.15) is 5.10 Å². The molecular formula is C13H13ClN4O3. The van der Waals surface area contributed by atoms with E-state index in [2.05, 4.69) is 20.1 Å². The number of nitrogens with one attached hydrogen (secondary N) is 1. The highest BCUT2D eigenvalue weighted by Crippen LogP contribution is 2.30. The molecule has 2 rings (SSSR count). The Morgan fingerprint density at radius 3 is 2.67 bits per heavy atom. The summed E-state index contributed by atoms with van der Waals surface area (Å²) in [6.45, 7) is 1.35. The van der Waals surface area contributed by atoms with E-state index in [9.17, 15) is 9.59 Å². The Morgan fingerprint density at radius 2 is 2.14 bits per heavy atom. The van der Waals surface area contributed by atoms with E-state index >= 15 is 0 Å². The molecule has 0 aliphatic carbocycles. The molecule has 0 aromatic carbocycles. The first-order chi connectivity index (χ1) is 9.92. The minimum Gasteiger partial charge on any atom is -0.464 e. The number of aryl methyl sites for hydroxylation is 1. The fourth-order valence-corrected chi connectivity index (χ4v) is 1.96. The number of esters is 1. The van der Waals surface area contributed by atoms with Gasteiger partial charge in [0.25, 0.3) is 0 Å². The SMILES string of the molecule is COC(=O)c1nc(-c2cnn(C)c2)cc(NC(C)=O)c1Cl. The average Bonchev–Trinajstić information content (AvgIpc) is 2.86. The lowest BCUT2D eigenvalue weighted by Gasteiger charge is -2.10. The Kier molecular flexibility index (Phi) is 4.23. The fourth-order valence-electron chi connectivity index (χ4n) is 1.74. The molecule has 2 aromatic rings. The van der Waals surface area contributed by atoms with E-state index < -0.39 is 5.97 Å². The zero-order valence-electron chi connectivity index (χ0n) is 11.7. The van der Waals surface area contributed by atoms with Gasteiger partial charge < -0.3 is 10.1 Å². The Bertz CT molecular complexity index is 711. The molecular weight excluding hydrogens is 296 g/mol. The molecule has 110 valence electrons. The molecule has 7 nitrogen and oxygen atoms in total. The molecule has 0 spiro atoms. The molecule has 0 aliphatic heterocycles. The van der Waals surface area contributed by atoms with E-state index in [0.717, 1.165) is 0 Å². The fraction of sp³-hybridized carbons (Fsp3) is 0.231. The standard InChI is InChI=1S/C13H13ClN4O3/c1-7(19)16-10-4-9(8-5-15-18(2)6-8)17-12(11(10)14)13(20)21-3/h4-6H,1-3H3,(H,16,17,19). The van der Waals surface area contributed by atoms with Crippen LogP contribution in [-0.4, -0.2) is 33.8 Å². The highest BCUT2D eigenvalue weighted by molar-refractivity contribution is 6.36. The lowest BCUT2D eigenvalue weighted by Crippen LogP contribution is -2.11. The third-order valence-electron chi connectivity index (χ3n) is 2.65. The summed E-state index contributed by atoms with van der Waals surface area (Å²) in [5.74, 6) is -0.992. The van der Waals surface area contributed by atoms with Gasteiger partial charge in [-0.15, -0.1) is 0 Å². The van der Waals surface area contributed by atoms with Crippen molar-refractivity contribution in [3.63, 3.8) is 0 Å². The van der Waals surface area contributed by atoms with E-state index in [1.165, 1.54) is 14.0 Å². The van der Waals surface area contributed by atoms with E-state index in [0.29, 0.717) is 16.9 Å². The summed E-state index contributed by atoms with van der Waals surface area (Å²) in [7, 11) is 2.99. The van der Waals surface area contributed by atoms with Crippen LogP contribution in [0.2, 0.25) is 5.02 Å². The lowest BCUT2D eigenvalue weighted by atomic mass is 10.2. The highest BCUT2D eigenvalue weighted by atomic mass is 35.5. The minimum atomic E-state index is -0.683. The van der Waals surface area contributed by atoms with Crippen LogP contribution >= 0.6 is 11.6 Å². The van der Waals surface area contributed by atoms with Gasteiger partial charge in [0.05, 0.1) is 29.7 Å². The van der Waals surface area contributed by atoms with Crippen LogP contribution in [0.5, 0.6) is 0 Å². The van der Waals surface area contributed by atoms with Crippen molar-refractivity contribution in [3.8, 4) is 11.3 Å². The number of rotatable bonds is 3. The molecule has 0 unspecified atom stereocenters. The maximum Gasteiger partial charge on any atom is 0.358 e. The largest absolute Gasteiger partial charge is 0.464 e. The third kappa shape index (κ3) is 3.19. The molecule has 1 N–H and O–H groups in total. The van der Waals surface area contributed by atoms with Crippen LogP contribution in [0.1, 0.15) is 17.4 Å². The zero-order chi connectivity index (χ0) is 15.6. The maximum absolute atomic E-state index is 11.8. The van der Waals surface area contributed by atoms with Crippen molar-refractivity contribution >= 4 is 29.2 Å². The molecule has 2 heterocycles. The molecule has 0 saturated carbocycles. The van der Waals surface area contributed by atoms with Gasteiger partial charge in [0.2, 0.25) is 5.91 Å². The Labute approximate surface area is 125 Å². The van der Waals surface area contributed by atoms with Crippen LogP contribution in [0, 0.1) is 0 Å². The normalized spacial score (nSPS) is 10.3. The van der Waals surface area contributed by atoms with E-state index in [-0.39, 0.29) is 16.6 Å². The first-order valence-corrected chi connectivity index (χ1v) is 6.35. The van der Waals surface area contributed by atoms with Gasteiger partial charge in [-0.25, -0.2) is 9.78 Å². The van der Waals surface area contributed by atoms with Crippen molar-refractivity contribution in [1.29, 1.82) is 0 Å². The lowest BCUT2D eigenvalue weighted by molar-refractivity contribution is -0.114. The number of carbonyl (C=O) groups excluding carboxylic acids is 2. The summed E-state index contributed by atoms with van der Waals surface area (Å²) >= 11 is 6.09. The maximum atomic E-state index is 11.8. The van der Waals surface area contributed by atoms with Gasteiger partial charge in [-0.3, -0.25) is 9.48 Å². The quantitative estimate of drug-likeness (QED) is 0.875. The van der Waals surface area contributed by atoms with Gasteiger partial charge in [-0.05, 0) is 6.07 Å². The van der Waals surface area contributed by atoms with E-state index in [1.807, 2.05) is 0 Å². The second-order valence-electron chi connectivity index (χ2n) is 4.29. The molecule has 0 saturated heterocycles. The van der Waals surface area contributed by atoms with Crippen LogP contribution < -0.4 is 5.32 Å². The summed E-state index contributed by atoms with van der Waals surface area (Å²) < 4.78 is 6.25. The number of pyridine rings is 1. The summed E-state index contributed by atoms with van der Waals surface area (Å²) in [6.07, 6.45) is 3.32. The summed E-state index contributed by atoms with van der Waals surface area (Å²) in [4.78, 5) is 27.2. The first-order valence-electron chi connectivity index (χ1n) is 5.98. The second kappa shape index (κ2) is 5.92. The predicted octanol–water partition coefficient (Wildman–Crippen LogP) is 1.88. The van der Waals surface area contributed by atoms with Gasteiger partial charge in [0.1, 0.15) is 0 Å². The number of methoxy groups -OCH3 is 1.